The molecule has 0 saturated carbocycles. The lowest BCUT2D eigenvalue weighted by Gasteiger charge is -2.15. The number of nitrogens with one attached hydrogen (secondary N) is 2. The minimum absolute atomic E-state index is 0.137. The van der Waals surface area contributed by atoms with Gasteiger partial charge < -0.3 is 20.1 Å². The molecule has 0 saturated heterocycles. The zero-order valence-corrected chi connectivity index (χ0v) is 13.6. The van der Waals surface area contributed by atoms with E-state index in [0.29, 0.717) is 17.1 Å². The van der Waals surface area contributed by atoms with Crippen LogP contribution in [-0.2, 0) is 0 Å². The highest BCUT2D eigenvalue weighted by molar-refractivity contribution is 6.01. The number of carbonyl (C=O) groups is 1. The number of para-hydroxylation sites is 2. The van der Waals surface area contributed by atoms with Crippen LogP contribution in [-0.4, -0.2) is 29.5 Å². The number of rotatable bonds is 4. The molecular weight excluding hydrogens is 341 g/mol. The Kier molecular flexibility index (Phi) is 5.30. The van der Waals surface area contributed by atoms with Gasteiger partial charge >= 0.3 is 18.4 Å². The van der Waals surface area contributed by atoms with Crippen molar-refractivity contribution < 1.29 is 27.4 Å². The van der Waals surface area contributed by atoms with Gasteiger partial charge in [0.25, 0.3) is 0 Å². The summed E-state index contributed by atoms with van der Waals surface area (Å²) < 4.78 is 46.0. The van der Waals surface area contributed by atoms with Crippen LogP contribution in [0.25, 0.3) is 0 Å². The summed E-state index contributed by atoms with van der Waals surface area (Å²) in [5.74, 6) is -0.524. The van der Waals surface area contributed by atoms with Crippen LogP contribution in [0.15, 0.2) is 24.3 Å². The summed E-state index contributed by atoms with van der Waals surface area (Å²) in [7, 11) is 1.41. The van der Waals surface area contributed by atoms with Crippen molar-refractivity contribution in [3.05, 3.63) is 35.7 Å². The lowest BCUT2D eigenvalue weighted by Crippen LogP contribution is -2.23. The van der Waals surface area contributed by atoms with Gasteiger partial charge in [0.05, 0.1) is 29.9 Å². The Bertz CT molecular complexity index is 758. The van der Waals surface area contributed by atoms with Gasteiger partial charge in [0, 0.05) is 0 Å². The third kappa shape index (κ3) is 4.96. The number of aryl methyl sites for hydroxylation is 2. The first-order valence-corrected chi connectivity index (χ1v) is 7.01. The molecule has 0 atom stereocenters. The molecule has 134 valence electrons. The summed E-state index contributed by atoms with van der Waals surface area (Å²) in [6.07, 6.45) is -4.87. The fourth-order valence-corrected chi connectivity index (χ4v) is 2.01. The van der Waals surface area contributed by atoms with Crippen LogP contribution in [0.4, 0.5) is 29.3 Å². The molecular formula is C15H15F3N4O3. The van der Waals surface area contributed by atoms with Gasteiger partial charge in [-0.1, -0.05) is 12.1 Å². The molecule has 25 heavy (non-hydrogen) atoms. The van der Waals surface area contributed by atoms with Crippen LogP contribution in [0.1, 0.15) is 11.4 Å². The van der Waals surface area contributed by atoms with E-state index < -0.39 is 18.1 Å². The van der Waals surface area contributed by atoms with Gasteiger partial charge in [-0.05, 0) is 26.0 Å². The number of urea groups is 1. The Morgan fingerprint density at radius 2 is 1.68 bits per heavy atom. The molecule has 0 spiro atoms. The topological polar surface area (TPSA) is 85.4 Å². The number of alkyl halides is 3. The molecule has 0 aliphatic carbocycles. The highest BCUT2D eigenvalue weighted by Gasteiger charge is 2.32. The van der Waals surface area contributed by atoms with Crippen LogP contribution in [0.5, 0.6) is 11.8 Å². The predicted molar refractivity (Wildman–Crippen MR) is 83.8 cm³/mol. The quantitative estimate of drug-likeness (QED) is 0.873. The summed E-state index contributed by atoms with van der Waals surface area (Å²) in [4.78, 5) is 20.2. The molecule has 10 heteroatoms. The highest BCUT2D eigenvalue weighted by Crippen LogP contribution is 2.30. The second kappa shape index (κ2) is 7.24. The third-order valence-corrected chi connectivity index (χ3v) is 3.03. The maximum absolute atomic E-state index is 12.4. The normalized spacial score (nSPS) is 11.0. The van der Waals surface area contributed by atoms with Crippen molar-refractivity contribution in [3.63, 3.8) is 0 Å². The lowest BCUT2D eigenvalue weighted by molar-refractivity contribution is -0.274. The minimum atomic E-state index is -4.87. The largest absolute Gasteiger partial charge is 0.573 e. The molecule has 1 heterocycles. The Morgan fingerprint density at radius 1 is 1.08 bits per heavy atom. The minimum Gasteiger partial charge on any atom is -0.467 e. The van der Waals surface area contributed by atoms with Gasteiger partial charge in [-0.3, -0.25) is 0 Å². The van der Waals surface area contributed by atoms with Crippen molar-refractivity contribution in [1.29, 1.82) is 0 Å². The summed E-state index contributed by atoms with van der Waals surface area (Å²) in [6, 6.07) is 4.57. The maximum Gasteiger partial charge on any atom is 0.573 e. The van der Waals surface area contributed by atoms with Crippen LogP contribution in [0.2, 0.25) is 0 Å². The summed E-state index contributed by atoms with van der Waals surface area (Å²) in [5, 5.41) is 4.80. The number of aromatic nitrogens is 2. The van der Waals surface area contributed by atoms with E-state index in [1.807, 2.05) is 0 Å². The first kappa shape index (κ1) is 18.3. The second-order valence-corrected chi connectivity index (χ2v) is 4.88. The number of nitrogens with zero attached hydrogens (tertiary/aromatic N) is 2. The van der Waals surface area contributed by atoms with E-state index in [1.165, 1.54) is 25.3 Å². The van der Waals surface area contributed by atoms with Gasteiger partial charge in [0.15, 0.2) is 5.75 Å². The average molecular weight is 356 g/mol. The van der Waals surface area contributed by atoms with E-state index in [4.69, 9.17) is 4.74 Å². The SMILES string of the molecule is COc1nc(C)c(NC(=O)Nc2ccccc2OC(F)(F)F)c(C)n1. The number of anilines is 2. The number of methoxy groups -OCH3 is 1. The Balaban J connectivity index is 2.17. The first-order chi connectivity index (χ1) is 11.7. The van der Waals surface area contributed by atoms with E-state index in [9.17, 15) is 18.0 Å². The molecule has 2 aromatic rings. The van der Waals surface area contributed by atoms with Gasteiger partial charge in [-0.2, -0.15) is 9.97 Å². The van der Waals surface area contributed by atoms with Crippen molar-refractivity contribution in [2.24, 2.45) is 0 Å². The third-order valence-electron chi connectivity index (χ3n) is 3.03. The monoisotopic (exact) mass is 356 g/mol. The molecule has 2 N–H and O–H groups in total. The van der Waals surface area contributed by atoms with E-state index in [1.54, 1.807) is 13.8 Å². The van der Waals surface area contributed by atoms with Crippen molar-refractivity contribution in [2.75, 3.05) is 17.7 Å². The molecule has 0 aliphatic heterocycles. The van der Waals surface area contributed by atoms with Crippen molar-refractivity contribution in [2.45, 2.75) is 20.2 Å². The molecule has 7 nitrogen and oxygen atoms in total. The molecule has 0 fully saturated rings. The van der Waals surface area contributed by atoms with Gasteiger partial charge in [-0.15, -0.1) is 13.2 Å². The summed E-state index contributed by atoms with van der Waals surface area (Å²) in [5.41, 5.74) is 1.08. The standard InChI is InChI=1S/C15H15F3N4O3/c1-8-12(9(2)20-14(19-8)24-3)22-13(23)21-10-6-4-5-7-11(10)25-15(16,17)18/h4-7H,1-3H3,(H2,21,22,23). The number of hydrogen-bond acceptors (Lipinski definition) is 5. The highest BCUT2D eigenvalue weighted by atomic mass is 19.4. The summed E-state index contributed by atoms with van der Waals surface area (Å²) >= 11 is 0. The van der Waals surface area contributed by atoms with Gasteiger partial charge in [-0.25, -0.2) is 4.79 Å². The Hall–Kier alpha value is -3.04. The van der Waals surface area contributed by atoms with Crippen LogP contribution in [0.3, 0.4) is 0 Å². The average Bonchev–Trinajstić information content (AvgIpc) is 2.51. The molecule has 0 radical (unpaired) electrons. The number of halogens is 3. The number of benzene rings is 1. The summed E-state index contributed by atoms with van der Waals surface area (Å²) in [6.45, 7) is 3.26. The molecule has 0 aliphatic rings. The number of hydrogen-bond donors (Lipinski definition) is 2. The van der Waals surface area contributed by atoms with Crippen molar-refractivity contribution in [3.8, 4) is 11.8 Å². The van der Waals surface area contributed by atoms with Crippen molar-refractivity contribution in [1.82, 2.24) is 9.97 Å². The smallest absolute Gasteiger partial charge is 0.467 e. The molecule has 0 unspecified atom stereocenters. The van der Waals surface area contributed by atoms with Crippen LogP contribution < -0.4 is 20.1 Å². The van der Waals surface area contributed by atoms with Crippen LogP contribution >= 0.6 is 0 Å². The molecule has 2 rings (SSSR count). The van der Waals surface area contributed by atoms with Crippen molar-refractivity contribution >= 4 is 17.4 Å². The van der Waals surface area contributed by atoms with Gasteiger partial charge in [0.2, 0.25) is 0 Å². The first-order valence-electron chi connectivity index (χ1n) is 7.01. The van der Waals surface area contributed by atoms with E-state index in [0.717, 1.165) is 6.07 Å². The predicted octanol–water partition coefficient (Wildman–Crippen LogP) is 3.64. The Morgan fingerprint density at radius 3 is 2.24 bits per heavy atom. The Labute approximate surface area is 141 Å². The fraction of sp³-hybridized carbons (Fsp3) is 0.267. The fourth-order valence-electron chi connectivity index (χ4n) is 2.01. The zero-order chi connectivity index (χ0) is 18.6. The maximum atomic E-state index is 12.4. The lowest BCUT2D eigenvalue weighted by atomic mass is 10.3. The van der Waals surface area contributed by atoms with E-state index >= 15 is 0 Å². The van der Waals surface area contributed by atoms with E-state index in [-0.39, 0.29) is 11.7 Å². The number of carbonyl (C=O) groups excluding carboxylic acids is 1. The number of amides is 2. The number of ether oxygens (including phenoxy) is 2. The van der Waals surface area contributed by atoms with Gasteiger partial charge in [0.1, 0.15) is 0 Å². The molecule has 1 aromatic heterocycles. The molecule has 1 aromatic carbocycles. The zero-order valence-electron chi connectivity index (χ0n) is 13.6. The van der Waals surface area contributed by atoms with Crippen LogP contribution in [0, 0.1) is 13.8 Å². The second-order valence-electron chi connectivity index (χ2n) is 4.88. The molecule has 0 bridgehead atoms. The van der Waals surface area contributed by atoms with E-state index in [2.05, 4.69) is 25.3 Å². The molecule has 2 amide bonds.